The van der Waals surface area contributed by atoms with E-state index >= 15 is 0 Å². The number of aliphatic carboxylic acids is 1. The predicted molar refractivity (Wildman–Crippen MR) is 102 cm³/mol. The summed E-state index contributed by atoms with van der Waals surface area (Å²) in [4.78, 5) is 23.7. The highest BCUT2D eigenvalue weighted by Crippen LogP contribution is 2.19. The van der Waals surface area contributed by atoms with Crippen LogP contribution in [0.2, 0.25) is 0 Å². The molecule has 2 N–H and O–H groups in total. The third-order valence-electron chi connectivity index (χ3n) is 4.04. The molecule has 0 aliphatic heterocycles. The average Bonchev–Trinajstić information content (AvgIpc) is 2.69. The van der Waals surface area contributed by atoms with Gasteiger partial charge in [-0.25, -0.2) is 4.79 Å². The maximum absolute atomic E-state index is 12.2. The Morgan fingerprint density at radius 1 is 1.04 bits per heavy atom. The molecular formula is C21H25NO5. The van der Waals surface area contributed by atoms with E-state index in [1.54, 1.807) is 24.3 Å². The second-order valence-corrected chi connectivity index (χ2v) is 6.10. The van der Waals surface area contributed by atoms with Gasteiger partial charge in [0.2, 0.25) is 5.91 Å². The average molecular weight is 371 g/mol. The van der Waals surface area contributed by atoms with E-state index in [2.05, 4.69) is 5.32 Å². The number of carbonyl (C=O) groups is 2. The lowest BCUT2D eigenvalue weighted by Crippen LogP contribution is -2.33. The molecule has 0 spiro atoms. The van der Waals surface area contributed by atoms with Crippen LogP contribution in [0.25, 0.3) is 0 Å². The standard InChI is InChI=1S/C21H25NO5/c1-3-14-27-18-9-4-15(5-10-18)6-13-19(23)22-20(21(24)25)16-7-11-17(26-2)12-8-16/h4-5,7-12,20H,3,6,13-14H2,1-2H3,(H,22,23)(H,24,25). The van der Waals surface area contributed by atoms with E-state index in [0.29, 0.717) is 24.3 Å². The van der Waals surface area contributed by atoms with Crippen LogP contribution in [0.3, 0.4) is 0 Å². The molecule has 27 heavy (non-hydrogen) atoms. The summed E-state index contributed by atoms with van der Waals surface area (Å²) in [5, 5.41) is 12.0. The zero-order chi connectivity index (χ0) is 19.6. The molecule has 2 rings (SSSR count). The van der Waals surface area contributed by atoms with E-state index in [1.165, 1.54) is 7.11 Å². The fourth-order valence-electron chi connectivity index (χ4n) is 2.55. The van der Waals surface area contributed by atoms with E-state index < -0.39 is 12.0 Å². The van der Waals surface area contributed by atoms with Crippen molar-refractivity contribution in [1.29, 1.82) is 0 Å². The number of carboxylic acid groups (broad SMARTS) is 1. The Bertz CT molecular complexity index is 740. The molecule has 2 aromatic rings. The zero-order valence-corrected chi connectivity index (χ0v) is 15.6. The van der Waals surface area contributed by atoms with Gasteiger partial charge < -0.3 is 19.9 Å². The Balaban J connectivity index is 1.90. The minimum absolute atomic E-state index is 0.203. The van der Waals surface area contributed by atoms with Gasteiger partial charge in [-0.1, -0.05) is 31.2 Å². The summed E-state index contributed by atoms with van der Waals surface area (Å²) in [7, 11) is 1.54. The molecule has 0 saturated heterocycles. The van der Waals surface area contributed by atoms with Crippen LogP contribution in [0.15, 0.2) is 48.5 Å². The zero-order valence-electron chi connectivity index (χ0n) is 15.6. The van der Waals surface area contributed by atoms with Crippen molar-refractivity contribution in [2.75, 3.05) is 13.7 Å². The van der Waals surface area contributed by atoms with Gasteiger partial charge in [-0.3, -0.25) is 4.79 Å². The Hall–Kier alpha value is -3.02. The molecule has 0 saturated carbocycles. The van der Waals surface area contributed by atoms with Crippen LogP contribution in [0, 0.1) is 0 Å². The SMILES string of the molecule is CCCOc1ccc(CCC(=O)NC(C(=O)O)c2ccc(OC)cc2)cc1. The molecular weight excluding hydrogens is 346 g/mol. The number of methoxy groups -OCH3 is 1. The maximum atomic E-state index is 12.2. The molecule has 0 radical (unpaired) electrons. The number of carbonyl (C=O) groups excluding carboxylic acids is 1. The summed E-state index contributed by atoms with van der Waals surface area (Å²) in [6, 6.07) is 13.1. The van der Waals surface area contributed by atoms with Crippen LogP contribution in [-0.2, 0) is 16.0 Å². The van der Waals surface area contributed by atoms with Crippen molar-refractivity contribution in [3.05, 3.63) is 59.7 Å². The molecule has 1 unspecified atom stereocenters. The Morgan fingerprint density at radius 2 is 1.67 bits per heavy atom. The first kappa shape index (κ1) is 20.3. The van der Waals surface area contributed by atoms with Gasteiger partial charge >= 0.3 is 5.97 Å². The number of rotatable bonds is 10. The highest BCUT2D eigenvalue weighted by molar-refractivity contribution is 5.84. The molecule has 1 amide bonds. The first-order valence-electron chi connectivity index (χ1n) is 8.91. The summed E-state index contributed by atoms with van der Waals surface area (Å²) in [6.07, 6.45) is 1.67. The van der Waals surface area contributed by atoms with E-state index in [4.69, 9.17) is 9.47 Å². The van der Waals surface area contributed by atoms with Crippen LogP contribution >= 0.6 is 0 Å². The van der Waals surface area contributed by atoms with Crippen molar-refractivity contribution in [1.82, 2.24) is 5.32 Å². The number of benzene rings is 2. The third kappa shape index (κ3) is 6.33. The van der Waals surface area contributed by atoms with Gasteiger partial charge in [-0.2, -0.15) is 0 Å². The lowest BCUT2D eigenvalue weighted by atomic mass is 10.1. The number of carboxylic acids is 1. The first-order valence-corrected chi connectivity index (χ1v) is 8.91. The van der Waals surface area contributed by atoms with Gasteiger partial charge in [0.15, 0.2) is 6.04 Å². The van der Waals surface area contributed by atoms with Crippen LogP contribution in [0.1, 0.15) is 36.9 Å². The molecule has 2 aromatic carbocycles. The Kier molecular flexibility index (Phi) is 7.67. The fraction of sp³-hybridized carbons (Fsp3) is 0.333. The van der Waals surface area contributed by atoms with Gasteiger partial charge in [0.05, 0.1) is 13.7 Å². The topological polar surface area (TPSA) is 84.9 Å². The molecule has 0 bridgehead atoms. The fourth-order valence-corrected chi connectivity index (χ4v) is 2.55. The highest BCUT2D eigenvalue weighted by Gasteiger charge is 2.21. The summed E-state index contributed by atoms with van der Waals surface area (Å²) < 4.78 is 10.6. The molecule has 144 valence electrons. The van der Waals surface area contributed by atoms with Crippen LogP contribution in [0.5, 0.6) is 11.5 Å². The van der Waals surface area contributed by atoms with Gasteiger partial charge in [0, 0.05) is 6.42 Å². The minimum Gasteiger partial charge on any atom is -0.497 e. The number of nitrogens with one attached hydrogen (secondary N) is 1. The third-order valence-corrected chi connectivity index (χ3v) is 4.04. The maximum Gasteiger partial charge on any atom is 0.330 e. The van der Waals surface area contributed by atoms with Crippen molar-refractivity contribution in [2.24, 2.45) is 0 Å². The van der Waals surface area contributed by atoms with Gasteiger partial charge in [-0.15, -0.1) is 0 Å². The predicted octanol–water partition coefficient (Wildman–Crippen LogP) is 3.36. The van der Waals surface area contributed by atoms with Crippen molar-refractivity contribution in [2.45, 2.75) is 32.2 Å². The molecule has 0 heterocycles. The van der Waals surface area contributed by atoms with Gasteiger partial charge in [0.1, 0.15) is 11.5 Å². The summed E-state index contributed by atoms with van der Waals surface area (Å²) in [5.41, 5.74) is 1.49. The molecule has 0 aliphatic carbocycles. The van der Waals surface area contributed by atoms with E-state index in [0.717, 1.165) is 17.7 Å². The van der Waals surface area contributed by atoms with Crippen molar-refractivity contribution < 1.29 is 24.2 Å². The van der Waals surface area contributed by atoms with Crippen molar-refractivity contribution >= 4 is 11.9 Å². The number of aryl methyl sites for hydroxylation is 1. The number of amides is 1. The largest absolute Gasteiger partial charge is 0.497 e. The van der Waals surface area contributed by atoms with E-state index in [1.807, 2.05) is 31.2 Å². The molecule has 6 heteroatoms. The number of hydrogen-bond donors (Lipinski definition) is 2. The normalized spacial score (nSPS) is 11.5. The lowest BCUT2D eigenvalue weighted by Gasteiger charge is -2.15. The summed E-state index contributed by atoms with van der Waals surface area (Å²) >= 11 is 0. The smallest absolute Gasteiger partial charge is 0.330 e. The van der Waals surface area contributed by atoms with Crippen LogP contribution < -0.4 is 14.8 Å². The van der Waals surface area contributed by atoms with Gasteiger partial charge in [-0.05, 0) is 48.2 Å². The molecule has 1 atom stereocenters. The first-order chi connectivity index (χ1) is 13.0. The number of ether oxygens (including phenoxy) is 2. The lowest BCUT2D eigenvalue weighted by molar-refractivity contribution is -0.142. The second kappa shape index (κ2) is 10.2. The van der Waals surface area contributed by atoms with Crippen LogP contribution in [-0.4, -0.2) is 30.7 Å². The second-order valence-electron chi connectivity index (χ2n) is 6.10. The summed E-state index contributed by atoms with van der Waals surface area (Å²) in [6.45, 7) is 2.72. The van der Waals surface area contributed by atoms with Crippen molar-refractivity contribution in [3.63, 3.8) is 0 Å². The van der Waals surface area contributed by atoms with E-state index in [-0.39, 0.29) is 12.3 Å². The highest BCUT2D eigenvalue weighted by atomic mass is 16.5. The van der Waals surface area contributed by atoms with E-state index in [9.17, 15) is 14.7 Å². The Morgan fingerprint density at radius 3 is 2.22 bits per heavy atom. The summed E-state index contributed by atoms with van der Waals surface area (Å²) in [5.74, 6) is 0.00606. The molecule has 0 aliphatic rings. The van der Waals surface area contributed by atoms with Crippen LogP contribution in [0.4, 0.5) is 0 Å². The molecule has 6 nitrogen and oxygen atoms in total. The number of hydrogen-bond acceptors (Lipinski definition) is 4. The van der Waals surface area contributed by atoms with Crippen molar-refractivity contribution in [3.8, 4) is 11.5 Å². The molecule has 0 aromatic heterocycles. The van der Waals surface area contributed by atoms with Gasteiger partial charge in [0.25, 0.3) is 0 Å². The minimum atomic E-state index is -1.11. The quantitative estimate of drug-likeness (QED) is 0.669. The Labute approximate surface area is 159 Å². The monoisotopic (exact) mass is 371 g/mol. The molecule has 0 fully saturated rings.